The van der Waals surface area contributed by atoms with Gasteiger partial charge in [0.15, 0.2) is 0 Å². The number of halogens is 1. The molecule has 3 nitrogen and oxygen atoms in total. The molecule has 0 atom stereocenters. The number of methoxy groups -OCH3 is 1. The summed E-state index contributed by atoms with van der Waals surface area (Å²) in [6.07, 6.45) is 0. The third kappa shape index (κ3) is 2.61. The first-order chi connectivity index (χ1) is 10.2. The molecule has 0 saturated heterocycles. The van der Waals surface area contributed by atoms with Gasteiger partial charge in [0.2, 0.25) is 0 Å². The second-order valence-corrected chi connectivity index (χ2v) is 5.78. The number of benzene rings is 2. The van der Waals surface area contributed by atoms with Gasteiger partial charge in [0.05, 0.1) is 17.8 Å². The second kappa shape index (κ2) is 6.00. The normalized spacial score (nSPS) is 11.2. The third-order valence-corrected chi connectivity index (χ3v) is 4.14. The van der Waals surface area contributed by atoms with Gasteiger partial charge in [0, 0.05) is 34.6 Å². The van der Waals surface area contributed by atoms with Crippen LogP contribution in [0.3, 0.4) is 0 Å². The van der Waals surface area contributed by atoms with Gasteiger partial charge in [-0.25, -0.2) is 4.98 Å². The molecule has 0 spiro atoms. The van der Waals surface area contributed by atoms with Gasteiger partial charge in [-0.2, -0.15) is 0 Å². The number of pyridine rings is 1. The van der Waals surface area contributed by atoms with Crippen molar-refractivity contribution in [3.8, 4) is 0 Å². The Hall–Kier alpha value is -1.65. The Morgan fingerprint density at radius 2 is 1.90 bits per heavy atom. The molecule has 2 aromatic carbocycles. The van der Waals surface area contributed by atoms with Gasteiger partial charge in [-0.3, -0.25) is 0 Å². The Morgan fingerprint density at radius 3 is 2.62 bits per heavy atom. The monoisotopic (exact) mass is 344 g/mol. The molecule has 21 heavy (non-hydrogen) atoms. The summed E-state index contributed by atoms with van der Waals surface area (Å²) in [5, 5.41) is 6.88. The van der Waals surface area contributed by atoms with Crippen molar-refractivity contribution in [3.05, 3.63) is 46.6 Å². The van der Waals surface area contributed by atoms with Gasteiger partial charge in [0.25, 0.3) is 0 Å². The molecule has 1 heterocycles. The lowest BCUT2D eigenvalue weighted by Crippen LogP contribution is -2.02. The van der Waals surface area contributed by atoms with Crippen LogP contribution in [0, 0.1) is 0 Å². The Labute approximate surface area is 132 Å². The summed E-state index contributed by atoms with van der Waals surface area (Å²) in [5.41, 5.74) is 3.05. The summed E-state index contributed by atoms with van der Waals surface area (Å²) in [4.78, 5) is 4.79. The lowest BCUT2D eigenvalue weighted by atomic mass is 10.0. The average molecular weight is 345 g/mol. The maximum Gasteiger partial charge on any atom is 0.0885 e. The maximum absolute atomic E-state index is 5.25. The maximum atomic E-state index is 5.25. The molecule has 0 radical (unpaired) electrons. The van der Waals surface area contributed by atoms with E-state index < -0.39 is 0 Å². The average Bonchev–Trinajstić information content (AvgIpc) is 2.49. The van der Waals surface area contributed by atoms with E-state index in [2.05, 4.69) is 52.4 Å². The van der Waals surface area contributed by atoms with Crippen molar-refractivity contribution in [3.63, 3.8) is 0 Å². The van der Waals surface area contributed by atoms with Crippen molar-refractivity contribution >= 4 is 43.3 Å². The summed E-state index contributed by atoms with van der Waals surface area (Å²) in [6.45, 7) is 3.48. The lowest BCUT2D eigenvalue weighted by Gasteiger charge is -2.13. The van der Waals surface area contributed by atoms with Gasteiger partial charge in [-0.15, -0.1) is 0 Å². The number of hydrogen-bond acceptors (Lipinski definition) is 3. The zero-order chi connectivity index (χ0) is 14.8. The number of nitrogens with one attached hydrogen (secondary N) is 1. The molecule has 4 heteroatoms. The van der Waals surface area contributed by atoms with Crippen molar-refractivity contribution in [2.45, 2.75) is 13.5 Å². The van der Waals surface area contributed by atoms with Crippen LogP contribution in [0.2, 0.25) is 0 Å². The molecule has 0 unspecified atom stereocenters. The van der Waals surface area contributed by atoms with Crippen LogP contribution < -0.4 is 5.32 Å². The van der Waals surface area contributed by atoms with Gasteiger partial charge in [0.1, 0.15) is 0 Å². The summed E-state index contributed by atoms with van der Waals surface area (Å²) in [5.74, 6) is 0. The van der Waals surface area contributed by atoms with E-state index in [9.17, 15) is 0 Å². The second-order valence-electron chi connectivity index (χ2n) is 4.92. The first-order valence-electron chi connectivity index (χ1n) is 6.98. The molecule has 0 fully saturated rings. The molecule has 108 valence electrons. The Bertz CT molecular complexity index is 801. The summed E-state index contributed by atoms with van der Waals surface area (Å²) < 4.78 is 6.34. The first-order valence-corrected chi connectivity index (χ1v) is 7.77. The minimum atomic E-state index is 0.513. The number of rotatable bonds is 4. The topological polar surface area (TPSA) is 34.1 Å². The number of aromatic nitrogens is 1. The highest BCUT2D eigenvalue weighted by Gasteiger charge is 2.11. The van der Waals surface area contributed by atoms with E-state index >= 15 is 0 Å². The van der Waals surface area contributed by atoms with Crippen LogP contribution in [0.15, 0.2) is 40.9 Å². The number of hydrogen-bond donors (Lipinski definition) is 1. The fraction of sp³-hybridized carbons (Fsp3) is 0.235. The van der Waals surface area contributed by atoms with Crippen molar-refractivity contribution in [1.82, 2.24) is 4.98 Å². The molecule has 0 bridgehead atoms. The number of nitrogens with zero attached hydrogens (tertiary/aromatic N) is 1. The molecule has 1 N–H and O–H groups in total. The van der Waals surface area contributed by atoms with E-state index in [1.165, 1.54) is 5.39 Å². The summed E-state index contributed by atoms with van der Waals surface area (Å²) in [6, 6.07) is 12.5. The molecule has 0 aliphatic carbocycles. The van der Waals surface area contributed by atoms with Gasteiger partial charge in [-0.1, -0.05) is 40.2 Å². The van der Waals surface area contributed by atoms with Crippen molar-refractivity contribution in [2.75, 3.05) is 19.0 Å². The zero-order valence-corrected chi connectivity index (χ0v) is 13.7. The van der Waals surface area contributed by atoms with E-state index in [-0.39, 0.29) is 0 Å². The Morgan fingerprint density at radius 1 is 1.14 bits per heavy atom. The molecule has 3 rings (SSSR count). The highest BCUT2D eigenvalue weighted by molar-refractivity contribution is 9.10. The highest BCUT2D eigenvalue weighted by Crippen LogP contribution is 2.34. The van der Waals surface area contributed by atoms with E-state index in [0.717, 1.165) is 38.7 Å². The van der Waals surface area contributed by atoms with Crippen LogP contribution in [0.1, 0.15) is 12.6 Å². The van der Waals surface area contributed by atoms with Crippen LogP contribution in [0.4, 0.5) is 5.69 Å². The quantitative estimate of drug-likeness (QED) is 0.694. The molecule has 0 aliphatic rings. The minimum absolute atomic E-state index is 0.513. The Kier molecular flexibility index (Phi) is 4.08. The van der Waals surface area contributed by atoms with Crippen LogP contribution in [-0.2, 0) is 11.3 Å². The molecular formula is C17H17BrN2O. The molecule has 3 aromatic rings. The Balaban J connectivity index is 2.39. The smallest absolute Gasteiger partial charge is 0.0885 e. The number of fused-ring (bicyclic) bond motifs is 3. The predicted octanol–water partition coefficient (Wildman–Crippen LogP) is 4.73. The molecule has 0 saturated carbocycles. The predicted molar refractivity (Wildman–Crippen MR) is 91.8 cm³/mol. The standard InChI is InChI=1S/C17H17BrN2O/c1-3-19-16-8-11(10-21-2)20-17-13-7-5-4-6-12(13)15(18)9-14(16)17/h4-9H,3,10H2,1-2H3,(H,19,20). The largest absolute Gasteiger partial charge is 0.385 e. The molecule has 0 aliphatic heterocycles. The first kappa shape index (κ1) is 14.3. The van der Waals surface area contributed by atoms with Gasteiger partial charge >= 0.3 is 0 Å². The number of ether oxygens (including phenoxy) is 1. The van der Waals surface area contributed by atoms with E-state index in [4.69, 9.17) is 9.72 Å². The van der Waals surface area contributed by atoms with E-state index in [0.29, 0.717) is 6.61 Å². The molecular weight excluding hydrogens is 328 g/mol. The lowest BCUT2D eigenvalue weighted by molar-refractivity contribution is 0.182. The van der Waals surface area contributed by atoms with Crippen molar-refractivity contribution in [1.29, 1.82) is 0 Å². The third-order valence-electron chi connectivity index (χ3n) is 3.48. The van der Waals surface area contributed by atoms with Crippen LogP contribution >= 0.6 is 15.9 Å². The fourth-order valence-corrected chi connectivity index (χ4v) is 3.20. The van der Waals surface area contributed by atoms with Crippen LogP contribution in [0.5, 0.6) is 0 Å². The van der Waals surface area contributed by atoms with Crippen molar-refractivity contribution in [2.24, 2.45) is 0 Å². The van der Waals surface area contributed by atoms with E-state index in [1.807, 2.05) is 12.1 Å². The fourth-order valence-electron chi connectivity index (χ4n) is 2.62. The summed E-state index contributed by atoms with van der Waals surface area (Å²) in [7, 11) is 1.69. The molecule has 1 aromatic heterocycles. The van der Waals surface area contributed by atoms with Crippen LogP contribution in [-0.4, -0.2) is 18.6 Å². The summed E-state index contributed by atoms with van der Waals surface area (Å²) >= 11 is 3.67. The van der Waals surface area contributed by atoms with Gasteiger partial charge in [-0.05, 0) is 24.4 Å². The zero-order valence-electron chi connectivity index (χ0n) is 12.1. The van der Waals surface area contributed by atoms with Crippen molar-refractivity contribution < 1.29 is 4.74 Å². The SMILES string of the molecule is CCNc1cc(COC)nc2c1cc(Br)c1ccccc12. The number of anilines is 1. The van der Waals surface area contributed by atoms with Crippen LogP contribution in [0.25, 0.3) is 21.7 Å². The van der Waals surface area contributed by atoms with E-state index in [1.54, 1.807) is 7.11 Å². The van der Waals surface area contributed by atoms with Gasteiger partial charge < -0.3 is 10.1 Å². The highest BCUT2D eigenvalue weighted by atomic mass is 79.9. The minimum Gasteiger partial charge on any atom is -0.385 e. The molecule has 0 amide bonds.